The highest BCUT2D eigenvalue weighted by Crippen LogP contribution is 2.17. The quantitative estimate of drug-likeness (QED) is 0.783. The number of carbonyl (C=O) groups is 1. The summed E-state index contributed by atoms with van der Waals surface area (Å²) in [5.41, 5.74) is 6.27. The Kier molecular flexibility index (Phi) is 4.69. The molecule has 0 saturated heterocycles. The molecule has 0 saturated carbocycles. The second-order valence-corrected chi connectivity index (χ2v) is 4.96. The highest BCUT2D eigenvalue weighted by Gasteiger charge is 2.22. The lowest BCUT2D eigenvalue weighted by atomic mass is 10.1. The summed E-state index contributed by atoms with van der Waals surface area (Å²) < 4.78 is 1.96. The number of nitrogens with one attached hydrogen (secondary N) is 1. The Hall–Kier alpha value is -1.36. The number of hydrogen-bond donors (Lipinski definition) is 2. The first kappa shape index (κ1) is 13.7. The summed E-state index contributed by atoms with van der Waals surface area (Å²) in [6.07, 6.45) is 3.43. The zero-order chi connectivity index (χ0) is 13.0. The smallest absolute Gasteiger partial charge is 0.240 e. The molecule has 1 atom stereocenters. The van der Waals surface area contributed by atoms with Crippen LogP contribution in [0.15, 0.2) is 12.5 Å². The van der Waals surface area contributed by atoms with Crippen LogP contribution in [0.1, 0.15) is 45.5 Å². The van der Waals surface area contributed by atoms with Crippen LogP contribution >= 0.6 is 0 Å². The van der Waals surface area contributed by atoms with E-state index in [0.29, 0.717) is 5.92 Å². The number of nitrogens with zero attached hydrogens (tertiary/aromatic N) is 2. The Bertz CT molecular complexity index is 370. The lowest BCUT2D eigenvalue weighted by molar-refractivity contribution is -0.120. The second-order valence-electron chi connectivity index (χ2n) is 4.96. The monoisotopic (exact) mass is 238 g/mol. The van der Waals surface area contributed by atoms with E-state index < -0.39 is 6.04 Å². The fourth-order valence-electron chi connectivity index (χ4n) is 1.67. The summed E-state index contributed by atoms with van der Waals surface area (Å²) in [5.74, 6) is 0.0975. The average molecular weight is 238 g/mol. The van der Waals surface area contributed by atoms with E-state index in [2.05, 4.69) is 24.1 Å². The summed E-state index contributed by atoms with van der Waals surface area (Å²) in [6.45, 7) is 9.02. The zero-order valence-corrected chi connectivity index (χ0v) is 11.0. The fraction of sp³-hybridized carbons (Fsp3) is 0.667. The van der Waals surface area contributed by atoms with Crippen molar-refractivity contribution in [2.45, 2.75) is 39.8 Å². The van der Waals surface area contributed by atoms with E-state index in [1.807, 2.05) is 18.4 Å². The van der Waals surface area contributed by atoms with Gasteiger partial charge in [-0.2, -0.15) is 0 Å². The van der Waals surface area contributed by atoms with Crippen LogP contribution in [-0.2, 0) is 4.79 Å². The highest BCUT2D eigenvalue weighted by molar-refractivity contribution is 5.80. The molecule has 0 fully saturated rings. The van der Waals surface area contributed by atoms with Gasteiger partial charge in [-0.25, -0.2) is 4.98 Å². The van der Waals surface area contributed by atoms with Gasteiger partial charge in [0.25, 0.3) is 0 Å². The van der Waals surface area contributed by atoms with Crippen LogP contribution < -0.4 is 11.1 Å². The molecule has 1 aromatic rings. The van der Waals surface area contributed by atoms with Crippen molar-refractivity contribution in [3.8, 4) is 0 Å². The average Bonchev–Trinajstić information content (AvgIpc) is 2.65. The molecular weight excluding hydrogens is 216 g/mol. The zero-order valence-electron chi connectivity index (χ0n) is 11.0. The number of amides is 1. The Morgan fingerprint density at radius 2 is 2.12 bits per heavy atom. The standard InChI is InChI=1S/C12H22N4O/c1-8(2)5-15-11(12(13)17)10-6-14-7-16(10)9(3)4/h6-9,11,15H,5H2,1-4H3,(H2,13,17). The van der Waals surface area contributed by atoms with Crippen LogP contribution in [0.2, 0.25) is 0 Å². The number of aromatic nitrogens is 2. The van der Waals surface area contributed by atoms with Crippen molar-refractivity contribution < 1.29 is 4.79 Å². The third kappa shape index (κ3) is 3.56. The van der Waals surface area contributed by atoms with E-state index in [1.54, 1.807) is 12.5 Å². The highest BCUT2D eigenvalue weighted by atomic mass is 16.1. The Morgan fingerprint density at radius 3 is 2.59 bits per heavy atom. The fourth-order valence-corrected chi connectivity index (χ4v) is 1.67. The molecule has 0 radical (unpaired) electrons. The van der Waals surface area contributed by atoms with Gasteiger partial charge in [-0.15, -0.1) is 0 Å². The summed E-state index contributed by atoms with van der Waals surface area (Å²) in [4.78, 5) is 15.6. The minimum Gasteiger partial charge on any atom is -0.368 e. The van der Waals surface area contributed by atoms with Crippen LogP contribution in [-0.4, -0.2) is 22.0 Å². The number of rotatable bonds is 6. The molecule has 1 heterocycles. The van der Waals surface area contributed by atoms with Gasteiger partial charge in [-0.3, -0.25) is 4.79 Å². The van der Waals surface area contributed by atoms with Gasteiger partial charge < -0.3 is 15.6 Å². The van der Waals surface area contributed by atoms with Crippen LogP contribution in [0.3, 0.4) is 0 Å². The summed E-state index contributed by atoms with van der Waals surface area (Å²) >= 11 is 0. The van der Waals surface area contributed by atoms with Gasteiger partial charge in [0.2, 0.25) is 5.91 Å². The first-order valence-corrected chi connectivity index (χ1v) is 5.98. The minimum atomic E-state index is -0.470. The Morgan fingerprint density at radius 1 is 1.47 bits per heavy atom. The van der Waals surface area contributed by atoms with Gasteiger partial charge in [0.15, 0.2) is 0 Å². The normalized spacial score (nSPS) is 13.3. The van der Waals surface area contributed by atoms with Crippen LogP contribution in [0.4, 0.5) is 0 Å². The van der Waals surface area contributed by atoms with Crippen LogP contribution in [0, 0.1) is 5.92 Å². The van der Waals surface area contributed by atoms with Crippen LogP contribution in [0.5, 0.6) is 0 Å². The number of hydrogen-bond acceptors (Lipinski definition) is 3. The topological polar surface area (TPSA) is 72.9 Å². The van der Waals surface area contributed by atoms with Gasteiger partial charge >= 0.3 is 0 Å². The predicted molar refractivity (Wildman–Crippen MR) is 67.4 cm³/mol. The summed E-state index contributed by atoms with van der Waals surface area (Å²) in [7, 11) is 0. The molecule has 1 unspecified atom stereocenters. The van der Waals surface area contributed by atoms with Gasteiger partial charge in [-0.05, 0) is 26.3 Å². The van der Waals surface area contributed by atoms with E-state index in [9.17, 15) is 4.79 Å². The Labute approximate surface area is 102 Å². The lowest BCUT2D eigenvalue weighted by Crippen LogP contribution is -2.37. The molecule has 0 aliphatic carbocycles. The lowest BCUT2D eigenvalue weighted by Gasteiger charge is -2.20. The van der Waals surface area contributed by atoms with Gasteiger partial charge in [0, 0.05) is 6.04 Å². The first-order chi connectivity index (χ1) is 7.93. The van der Waals surface area contributed by atoms with E-state index >= 15 is 0 Å². The minimum absolute atomic E-state index is 0.259. The molecule has 1 rings (SSSR count). The molecule has 17 heavy (non-hydrogen) atoms. The maximum absolute atomic E-state index is 11.5. The van der Waals surface area contributed by atoms with E-state index in [0.717, 1.165) is 12.2 Å². The molecule has 0 aliphatic heterocycles. The van der Waals surface area contributed by atoms with Crippen molar-refractivity contribution in [3.05, 3.63) is 18.2 Å². The van der Waals surface area contributed by atoms with Crippen molar-refractivity contribution in [3.63, 3.8) is 0 Å². The van der Waals surface area contributed by atoms with E-state index in [-0.39, 0.29) is 11.9 Å². The number of carbonyl (C=O) groups excluding carboxylic acids is 1. The molecule has 5 nitrogen and oxygen atoms in total. The van der Waals surface area contributed by atoms with E-state index in [1.165, 1.54) is 0 Å². The summed E-state index contributed by atoms with van der Waals surface area (Å²) in [5, 5.41) is 3.18. The number of primary amides is 1. The maximum atomic E-state index is 11.5. The van der Waals surface area contributed by atoms with E-state index in [4.69, 9.17) is 5.73 Å². The molecule has 3 N–H and O–H groups in total. The number of nitrogens with two attached hydrogens (primary N) is 1. The molecule has 0 aliphatic rings. The Balaban J connectivity index is 2.89. The van der Waals surface area contributed by atoms with Crippen molar-refractivity contribution in [2.24, 2.45) is 11.7 Å². The molecule has 0 bridgehead atoms. The second kappa shape index (κ2) is 5.82. The maximum Gasteiger partial charge on any atom is 0.240 e. The van der Waals surface area contributed by atoms with Crippen molar-refractivity contribution in [2.75, 3.05) is 6.54 Å². The molecule has 1 aromatic heterocycles. The predicted octanol–water partition coefficient (Wildman–Crippen LogP) is 1.24. The molecule has 0 spiro atoms. The molecule has 5 heteroatoms. The van der Waals surface area contributed by atoms with Gasteiger partial charge in [-0.1, -0.05) is 13.8 Å². The van der Waals surface area contributed by atoms with Crippen molar-refractivity contribution >= 4 is 5.91 Å². The molecular formula is C12H22N4O. The largest absolute Gasteiger partial charge is 0.368 e. The van der Waals surface area contributed by atoms with Crippen LogP contribution in [0.25, 0.3) is 0 Å². The molecule has 1 amide bonds. The molecule has 0 aromatic carbocycles. The first-order valence-electron chi connectivity index (χ1n) is 5.98. The SMILES string of the molecule is CC(C)CNC(C(N)=O)c1cncn1C(C)C. The summed E-state index contributed by atoms with van der Waals surface area (Å²) in [6, 6.07) is -0.211. The molecule has 96 valence electrons. The van der Waals surface area contributed by atoms with Crippen molar-refractivity contribution in [1.29, 1.82) is 0 Å². The van der Waals surface area contributed by atoms with Gasteiger partial charge in [0.05, 0.1) is 18.2 Å². The number of imidazole rings is 1. The third-order valence-electron chi connectivity index (χ3n) is 2.56. The third-order valence-corrected chi connectivity index (χ3v) is 2.56. The van der Waals surface area contributed by atoms with Gasteiger partial charge in [0.1, 0.15) is 6.04 Å². The van der Waals surface area contributed by atoms with Crippen molar-refractivity contribution in [1.82, 2.24) is 14.9 Å².